The first kappa shape index (κ1) is 21.3. The number of esters is 1. The summed E-state index contributed by atoms with van der Waals surface area (Å²) in [4.78, 5) is 40.5. The van der Waals surface area contributed by atoms with Crippen molar-refractivity contribution in [3.8, 4) is 0 Å². The molecule has 2 aliphatic rings. The lowest BCUT2D eigenvalue weighted by molar-refractivity contribution is -0.149. The highest BCUT2D eigenvalue weighted by Gasteiger charge is 2.36. The Morgan fingerprint density at radius 3 is 2.66 bits per heavy atom. The topological polar surface area (TPSA) is 79.0 Å². The van der Waals surface area contributed by atoms with Crippen molar-refractivity contribution in [3.63, 3.8) is 0 Å². The molecule has 0 spiro atoms. The van der Waals surface area contributed by atoms with Gasteiger partial charge >= 0.3 is 5.97 Å². The van der Waals surface area contributed by atoms with Gasteiger partial charge in [-0.25, -0.2) is 0 Å². The molecule has 3 rings (SSSR count). The van der Waals surface area contributed by atoms with E-state index in [0.29, 0.717) is 43.2 Å². The van der Waals surface area contributed by atoms with Crippen molar-refractivity contribution in [3.05, 3.63) is 40.6 Å². The first-order valence-electron chi connectivity index (χ1n) is 9.40. The number of thiocarbonyl (C=S) groups is 1. The number of anilines is 1. The Morgan fingerprint density at radius 2 is 2.03 bits per heavy atom. The van der Waals surface area contributed by atoms with E-state index in [0.717, 1.165) is 5.56 Å². The minimum atomic E-state index is -0.540. The molecule has 2 aliphatic heterocycles. The van der Waals surface area contributed by atoms with Gasteiger partial charge in [-0.2, -0.15) is 0 Å². The third-order valence-electron chi connectivity index (χ3n) is 4.98. The molecule has 0 atom stereocenters. The van der Waals surface area contributed by atoms with Crippen LogP contribution in [0.15, 0.2) is 30.0 Å². The zero-order valence-electron chi connectivity index (χ0n) is 16.2. The van der Waals surface area contributed by atoms with Crippen LogP contribution >= 0.6 is 23.8 Å². The van der Waals surface area contributed by atoms with Gasteiger partial charge in [-0.05, 0) is 56.6 Å². The van der Waals surface area contributed by atoms with E-state index in [4.69, 9.17) is 28.6 Å². The second kappa shape index (κ2) is 8.92. The van der Waals surface area contributed by atoms with Crippen molar-refractivity contribution in [2.45, 2.75) is 26.7 Å². The lowest BCUT2D eigenvalue weighted by atomic mass is 9.97. The number of hydrogen-bond acceptors (Lipinski definition) is 6. The van der Waals surface area contributed by atoms with Crippen LogP contribution in [0.1, 0.15) is 25.3 Å². The van der Waals surface area contributed by atoms with Crippen molar-refractivity contribution < 1.29 is 19.1 Å². The maximum Gasteiger partial charge on any atom is 0.309 e. The maximum absolute atomic E-state index is 13.0. The standard InChI is InChI=1S/C20H22ClN3O4S/c1-3-28-19(27)13-6-8-23(9-7-13)11-15-17(25)22-20(29)24(18(15)26)14-5-4-12(2)16(21)10-14/h4-5,10-11,13H,3,6-9H2,1-2H3,(H,22,25,29). The molecule has 2 heterocycles. The SMILES string of the molecule is CCOC(=O)C1CCN(C=C2C(=O)NC(=S)N(c3ccc(C)c(Cl)c3)C2=O)CC1. The molecule has 0 unspecified atom stereocenters. The van der Waals surface area contributed by atoms with Crippen LogP contribution in [-0.4, -0.2) is 47.5 Å². The lowest BCUT2D eigenvalue weighted by Gasteiger charge is -2.33. The van der Waals surface area contributed by atoms with E-state index in [-0.39, 0.29) is 22.6 Å². The van der Waals surface area contributed by atoms with Gasteiger partial charge < -0.3 is 9.64 Å². The fraction of sp³-hybridized carbons (Fsp3) is 0.400. The lowest BCUT2D eigenvalue weighted by Crippen LogP contribution is -2.54. The number of piperidine rings is 1. The predicted molar refractivity (Wildman–Crippen MR) is 113 cm³/mol. The van der Waals surface area contributed by atoms with Crippen molar-refractivity contribution in [1.82, 2.24) is 10.2 Å². The quantitative estimate of drug-likeness (QED) is 0.339. The number of rotatable bonds is 4. The third kappa shape index (κ3) is 4.59. The van der Waals surface area contributed by atoms with E-state index in [1.165, 1.54) is 4.90 Å². The number of likely N-dealkylation sites (tertiary alicyclic amines) is 1. The Morgan fingerprint density at radius 1 is 1.34 bits per heavy atom. The van der Waals surface area contributed by atoms with Crippen molar-refractivity contribution in [2.24, 2.45) is 5.92 Å². The summed E-state index contributed by atoms with van der Waals surface area (Å²) < 4.78 is 5.07. The van der Waals surface area contributed by atoms with Crippen LogP contribution in [0.2, 0.25) is 5.02 Å². The van der Waals surface area contributed by atoms with Crippen molar-refractivity contribution in [2.75, 3.05) is 24.6 Å². The van der Waals surface area contributed by atoms with Gasteiger partial charge in [-0.1, -0.05) is 17.7 Å². The largest absolute Gasteiger partial charge is 0.466 e. The fourth-order valence-electron chi connectivity index (χ4n) is 3.31. The van der Waals surface area contributed by atoms with Crippen molar-refractivity contribution >= 4 is 52.4 Å². The summed E-state index contributed by atoms with van der Waals surface area (Å²) in [5.41, 5.74) is 1.35. The van der Waals surface area contributed by atoms with Crippen LogP contribution in [0.4, 0.5) is 5.69 Å². The van der Waals surface area contributed by atoms with E-state index in [1.54, 1.807) is 31.3 Å². The van der Waals surface area contributed by atoms with Gasteiger partial charge in [0.15, 0.2) is 5.11 Å². The monoisotopic (exact) mass is 435 g/mol. The van der Waals surface area contributed by atoms with E-state index < -0.39 is 11.8 Å². The minimum absolute atomic E-state index is 0.00937. The highest BCUT2D eigenvalue weighted by molar-refractivity contribution is 7.80. The van der Waals surface area contributed by atoms with E-state index in [2.05, 4.69) is 5.32 Å². The van der Waals surface area contributed by atoms with Crippen LogP contribution < -0.4 is 10.2 Å². The Balaban J connectivity index is 1.77. The molecule has 2 fully saturated rings. The van der Waals surface area contributed by atoms with Crippen LogP contribution in [0.5, 0.6) is 0 Å². The van der Waals surface area contributed by atoms with E-state index in [9.17, 15) is 14.4 Å². The number of halogens is 1. The molecule has 29 heavy (non-hydrogen) atoms. The summed E-state index contributed by atoms with van der Waals surface area (Å²) in [6.07, 6.45) is 2.76. The van der Waals surface area contributed by atoms with Gasteiger partial charge in [-0.3, -0.25) is 24.6 Å². The molecule has 2 amide bonds. The number of carbonyl (C=O) groups is 3. The summed E-state index contributed by atoms with van der Waals surface area (Å²) in [5.74, 6) is -1.40. The molecule has 9 heteroatoms. The zero-order chi connectivity index (χ0) is 21.1. The first-order valence-corrected chi connectivity index (χ1v) is 10.2. The van der Waals surface area contributed by atoms with Crippen LogP contribution in [0, 0.1) is 12.8 Å². The van der Waals surface area contributed by atoms with Crippen LogP contribution in [0.3, 0.4) is 0 Å². The van der Waals surface area contributed by atoms with Crippen molar-refractivity contribution in [1.29, 1.82) is 0 Å². The number of hydrogen-bond donors (Lipinski definition) is 1. The normalized spacial score (nSPS) is 19.6. The molecule has 0 saturated carbocycles. The average molecular weight is 436 g/mol. The van der Waals surface area contributed by atoms with Gasteiger partial charge in [0.05, 0.1) is 18.2 Å². The van der Waals surface area contributed by atoms with Gasteiger partial charge in [0, 0.05) is 24.3 Å². The molecular weight excluding hydrogens is 414 g/mol. The fourth-order valence-corrected chi connectivity index (χ4v) is 3.76. The second-order valence-corrected chi connectivity index (χ2v) is 7.73. The maximum atomic E-state index is 13.0. The Kier molecular flexibility index (Phi) is 6.54. The molecule has 0 bridgehead atoms. The number of ether oxygens (including phenoxy) is 1. The molecule has 0 radical (unpaired) electrons. The van der Waals surface area contributed by atoms with Gasteiger partial charge in [0.2, 0.25) is 0 Å². The first-order chi connectivity index (χ1) is 13.8. The third-order valence-corrected chi connectivity index (χ3v) is 5.67. The number of aryl methyl sites for hydroxylation is 1. The van der Waals surface area contributed by atoms with Crippen LogP contribution in [-0.2, 0) is 19.1 Å². The molecule has 1 aromatic rings. The highest BCUT2D eigenvalue weighted by Crippen LogP contribution is 2.27. The molecule has 154 valence electrons. The molecule has 7 nitrogen and oxygen atoms in total. The molecule has 2 saturated heterocycles. The number of amides is 2. The molecule has 0 aliphatic carbocycles. The summed E-state index contributed by atoms with van der Waals surface area (Å²) in [6.45, 7) is 5.09. The molecule has 1 aromatic carbocycles. The molecular formula is C20H22ClN3O4S. The van der Waals surface area contributed by atoms with Gasteiger partial charge in [0.25, 0.3) is 11.8 Å². The van der Waals surface area contributed by atoms with Crippen LogP contribution in [0.25, 0.3) is 0 Å². The molecule has 0 aromatic heterocycles. The zero-order valence-corrected chi connectivity index (χ0v) is 17.8. The van der Waals surface area contributed by atoms with E-state index in [1.807, 2.05) is 11.8 Å². The number of carbonyl (C=O) groups excluding carboxylic acids is 3. The van der Waals surface area contributed by atoms with Gasteiger partial charge in [-0.15, -0.1) is 0 Å². The highest BCUT2D eigenvalue weighted by atomic mass is 35.5. The number of benzene rings is 1. The summed E-state index contributed by atoms with van der Waals surface area (Å²) in [5, 5.41) is 3.07. The summed E-state index contributed by atoms with van der Waals surface area (Å²) in [7, 11) is 0. The number of nitrogens with zero attached hydrogens (tertiary/aromatic N) is 2. The number of nitrogens with one attached hydrogen (secondary N) is 1. The molecule has 1 N–H and O–H groups in total. The minimum Gasteiger partial charge on any atom is -0.466 e. The Bertz CT molecular complexity index is 894. The summed E-state index contributed by atoms with van der Waals surface area (Å²) >= 11 is 11.4. The summed E-state index contributed by atoms with van der Waals surface area (Å²) in [6, 6.07) is 5.15. The smallest absolute Gasteiger partial charge is 0.309 e. The Labute approximate surface area is 179 Å². The average Bonchev–Trinajstić information content (AvgIpc) is 2.68. The predicted octanol–water partition coefficient (Wildman–Crippen LogP) is 2.56. The van der Waals surface area contributed by atoms with E-state index >= 15 is 0 Å². The Hall–Kier alpha value is -2.45. The van der Waals surface area contributed by atoms with Gasteiger partial charge in [0.1, 0.15) is 5.57 Å². The second-order valence-electron chi connectivity index (χ2n) is 6.94.